The van der Waals surface area contributed by atoms with Crippen molar-refractivity contribution in [3.63, 3.8) is 0 Å². The third-order valence-electron chi connectivity index (χ3n) is 8.60. The molecule has 2 amide bonds. The molecule has 38 heavy (non-hydrogen) atoms. The van der Waals surface area contributed by atoms with Gasteiger partial charge in [-0.25, -0.2) is 0 Å². The zero-order chi connectivity index (χ0) is 26.1. The molecule has 2 aliphatic carbocycles. The number of hydrogen-bond acceptors (Lipinski definition) is 7. The molecule has 4 aliphatic rings. The summed E-state index contributed by atoms with van der Waals surface area (Å²) in [5.41, 5.74) is 2.13. The first-order valence-corrected chi connectivity index (χ1v) is 14.3. The minimum absolute atomic E-state index is 0.0252. The number of carbonyl (C=O) groups excluding carboxylic acids is 2. The Morgan fingerprint density at radius 2 is 1.71 bits per heavy atom. The molecule has 3 aromatic rings. The van der Waals surface area contributed by atoms with Crippen LogP contribution < -0.4 is 9.61 Å². The zero-order valence-electron chi connectivity index (χ0n) is 20.1. The highest BCUT2D eigenvalue weighted by atomic mass is 32.2. The predicted octanol–water partition coefficient (Wildman–Crippen LogP) is 3.57. The van der Waals surface area contributed by atoms with E-state index in [4.69, 9.17) is 4.74 Å². The lowest BCUT2D eigenvalue weighted by atomic mass is 9.68. The average molecular weight is 549 g/mol. The number of carboxylic acid groups (broad SMARTS) is 1. The zero-order valence-corrected chi connectivity index (χ0v) is 21.7. The van der Waals surface area contributed by atoms with Crippen molar-refractivity contribution in [3.05, 3.63) is 80.3 Å². The Morgan fingerprint density at radius 1 is 1.00 bits per heavy atom. The van der Waals surface area contributed by atoms with Gasteiger partial charge in [-0.15, -0.1) is 11.8 Å². The molecule has 2 aromatic carbocycles. The van der Waals surface area contributed by atoms with Gasteiger partial charge in [0.15, 0.2) is 0 Å². The van der Waals surface area contributed by atoms with Crippen LogP contribution in [-0.2, 0) is 21.0 Å². The molecule has 2 bridgehead atoms. The highest BCUT2D eigenvalue weighted by molar-refractivity contribution is 8.00. The molecule has 194 valence electrons. The molecule has 7 atom stereocenters. The van der Waals surface area contributed by atoms with E-state index in [1.165, 1.54) is 11.3 Å². The van der Waals surface area contributed by atoms with Crippen molar-refractivity contribution in [1.82, 2.24) is 9.88 Å². The van der Waals surface area contributed by atoms with E-state index in [2.05, 4.69) is 4.98 Å². The third-order valence-corrected chi connectivity index (χ3v) is 11.2. The second-order valence-electron chi connectivity index (χ2n) is 10.5. The quantitative estimate of drug-likeness (QED) is 0.453. The van der Waals surface area contributed by atoms with Gasteiger partial charge in [0.05, 0.1) is 16.9 Å². The second-order valence-corrected chi connectivity index (χ2v) is 12.7. The number of thiazole rings is 1. The normalized spacial score (nSPS) is 30.7. The molecule has 2 N–H and O–H groups in total. The van der Waals surface area contributed by atoms with Crippen LogP contribution in [0.3, 0.4) is 0 Å². The summed E-state index contributed by atoms with van der Waals surface area (Å²) in [5, 5.41) is 10.2. The first kappa shape index (κ1) is 23.7. The van der Waals surface area contributed by atoms with Crippen LogP contribution >= 0.6 is 23.1 Å². The Bertz CT molecular complexity index is 1500. The number of thioether (sulfide) groups is 1. The number of likely N-dealkylation sites (tertiary alicyclic amines) is 1. The van der Waals surface area contributed by atoms with Crippen molar-refractivity contribution in [2.45, 2.75) is 29.2 Å². The highest BCUT2D eigenvalue weighted by Gasteiger charge is 2.69. The van der Waals surface area contributed by atoms with E-state index in [1.54, 1.807) is 11.8 Å². The summed E-state index contributed by atoms with van der Waals surface area (Å²) >= 11 is 2.83. The Labute approximate surface area is 226 Å². The smallest absolute Gasteiger partial charge is 0.323 e. The van der Waals surface area contributed by atoms with Crippen LogP contribution in [0.25, 0.3) is 0 Å². The lowest BCUT2D eigenvalue weighted by molar-refractivity contribution is -0.149. The van der Waals surface area contributed by atoms with Crippen LogP contribution in [0.4, 0.5) is 0 Å². The number of H-pyrrole nitrogens is 1. The van der Waals surface area contributed by atoms with Gasteiger partial charge in [-0.05, 0) is 47.4 Å². The average Bonchev–Trinajstić information content (AvgIpc) is 3.64. The number of imide groups is 1. The minimum atomic E-state index is -1.18. The number of aliphatic carboxylic acids is 1. The van der Waals surface area contributed by atoms with Crippen LogP contribution in [0.2, 0.25) is 0 Å². The van der Waals surface area contributed by atoms with Crippen molar-refractivity contribution < 1.29 is 24.2 Å². The Kier molecular flexibility index (Phi) is 5.52. The number of ether oxygens (including phenoxy) is 1. The van der Waals surface area contributed by atoms with Gasteiger partial charge in [-0.3, -0.25) is 24.1 Å². The van der Waals surface area contributed by atoms with E-state index in [1.807, 2.05) is 54.6 Å². The molecule has 7 unspecified atom stereocenters. The van der Waals surface area contributed by atoms with Gasteiger partial charge in [0, 0.05) is 16.0 Å². The molecule has 0 radical (unpaired) electrons. The summed E-state index contributed by atoms with van der Waals surface area (Å²) < 4.78 is 5.98. The fraction of sp³-hybridized carbons (Fsp3) is 0.357. The summed E-state index contributed by atoms with van der Waals surface area (Å²) in [6.45, 7) is -0.120. The van der Waals surface area contributed by atoms with Gasteiger partial charge in [-0.1, -0.05) is 53.8 Å². The van der Waals surface area contributed by atoms with Crippen molar-refractivity contribution in [2.75, 3.05) is 6.54 Å². The Balaban J connectivity index is 1.21. The number of fused-ring (bicyclic) bond motifs is 9. The molecule has 7 rings (SSSR count). The van der Waals surface area contributed by atoms with Gasteiger partial charge in [-0.2, -0.15) is 0 Å². The van der Waals surface area contributed by atoms with E-state index in [-0.39, 0.29) is 45.6 Å². The molecule has 0 spiro atoms. The molecular formula is C28H24N2O6S2. The van der Waals surface area contributed by atoms with Crippen LogP contribution in [0.1, 0.15) is 28.3 Å². The number of carboxylic acids is 1. The number of hydrogen-bond donors (Lipinski definition) is 2. The largest absolute Gasteiger partial charge is 0.489 e. The van der Waals surface area contributed by atoms with E-state index in [0.717, 1.165) is 38.1 Å². The maximum absolute atomic E-state index is 13.3. The summed E-state index contributed by atoms with van der Waals surface area (Å²) in [7, 11) is 0. The molecule has 2 aliphatic heterocycles. The van der Waals surface area contributed by atoms with Crippen molar-refractivity contribution in [3.8, 4) is 5.75 Å². The van der Waals surface area contributed by atoms with Crippen molar-refractivity contribution in [2.24, 2.45) is 29.6 Å². The fourth-order valence-electron chi connectivity index (χ4n) is 7.26. The number of carbonyl (C=O) groups is 3. The molecular weight excluding hydrogens is 524 g/mol. The van der Waals surface area contributed by atoms with Crippen LogP contribution in [0.5, 0.6) is 5.75 Å². The number of rotatable bonds is 6. The summed E-state index contributed by atoms with van der Waals surface area (Å²) in [6, 6.07) is 17.9. The first-order valence-electron chi connectivity index (χ1n) is 12.6. The Morgan fingerprint density at radius 3 is 2.42 bits per heavy atom. The second kappa shape index (κ2) is 8.84. The van der Waals surface area contributed by atoms with E-state index < -0.39 is 24.3 Å². The lowest BCUT2D eigenvalue weighted by Gasteiger charge is -2.43. The van der Waals surface area contributed by atoms with Gasteiger partial charge < -0.3 is 14.8 Å². The topological polar surface area (TPSA) is 117 Å². The number of aromatic nitrogens is 1. The van der Waals surface area contributed by atoms with Gasteiger partial charge in [0.1, 0.15) is 18.9 Å². The summed E-state index contributed by atoms with van der Waals surface area (Å²) in [4.78, 5) is 55.0. The standard InChI is InChI=1S/C28H24N2O6S2/c31-18(32)11-30-26(33)21-16-10-17(22(21)27(30)34)23-20(16)19(24-25(37-23)29-28(35)38-24)14-6-8-15(9-7-14)36-12-13-4-2-1-3-5-13/h1-9,16-17,19-23H,10-12H2,(H,29,35)(H,31,32). The van der Waals surface area contributed by atoms with Crippen LogP contribution in [0.15, 0.2) is 64.4 Å². The fourth-order valence-corrected chi connectivity index (χ4v) is 10.1. The maximum atomic E-state index is 13.3. The van der Waals surface area contributed by atoms with E-state index in [9.17, 15) is 24.3 Å². The molecule has 2 saturated carbocycles. The first-order chi connectivity index (χ1) is 18.4. The molecule has 1 saturated heterocycles. The van der Waals surface area contributed by atoms with Gasteiger partial charge in [0.25, 0.3) is 0 Å². The minimum Gasteiger partial charge on any atom is -0.489 e. The monoisotopic (exact) mass is 548 g/mol. The molecule has 10 heteroatoms. The van der Waals surface area contributed by atoms with Crippen molar-refractivity contribution in [1.29, 1.82) is 0 Å². The number of amides is 2. The lowest BCUT2D eigenvalue weighted by Crippen LogP contribution is -2.42. The van der Waals surface area contributed by atoms with E-state index in [0.29, 0.717) is 6.61 Å². The van der Waals surface area contributed by atoms with Gasteiger partial charge >= 0.3 is 10.8 Å². The third kappa shape index (κ3) is 3.57. The highest BCUT2D eigenvalue weighted by Crippen LogP contribution is 2.68. The number of benzene rings is 2. The van der Waals surface area contributed by atoms with Crippen molar-refractivity contribution >= 4 is 40.9 Å². The summed E-state index contributed by atoms with van der Waals surface area (Å²) in [6.07, 6.45) is 0.768. The predicted molar refractivity (Wildman–Crippen MR) is 140 cm³/mol. The molecule has 3 fully saturated rings. The molecule has 1 aromatic heterocycles. The van der Waals surface area contributed by atoms with Crippen LogP contribution in [-0.4, -0.2) is 44.6 Å². The number of nitrogens with one attached hydrogen (secondary N) is 1. The maximum Gasteiger partial charge on any atom is 0.323 e. The van der Waals surface area contributed by atoms with Gasteiger partial charge in [0.2, 0.25) is 11.8 Å². The molecule has 8 nitrogen and oxygen atoms in total. The van der Waals surface area contributed by atoms with E-state index >= 15 is 0 Å². The number of nitrogens with zero attached hydrogens (tertiary/aromatic N) is 1. The summed E-state index contributed by atoms with van der Waals surface area (Å²) in [5.74, 6) is -2.18. The van der Waals surface area contributed by atoms with Crippen LogP contribution in [0, 0.1) is 29.6 Å². The molecule has 3 heterocycles. The SMILES string of the molecule is O=C(O)CN1C(=O)C2C3CC(C2C1=O)C1C(c2ccc(OCc4ccccc4)cc2)c2sc(=O)[nH]c2SC31. The number of aromatic amines is 1. The Hall–Kier alpha value is -3.37.